The van der Waals surface area contributed by atoms with E-state index in [1.165, 1.54) is 6.33 Å². The van der Waals surface area contributed by atoms with Gasteiger partial charge in [0.15, 0.2) is 0 Å². The summed E-state index contributed by atoms with van der Waals surface area (Å²) >= 11 is 0. The molecule has 0 atom stereocenters. The molecule has 7 nitrogen and oxygen atoms in total. The summed E-state index contributed by atoms with van der Waals surface area (Å²) in [6.07, 6.45) is 1.32. The molecule has 2 aromatic carbocycles. The summed E-state index contributed by atoms with van der Waals surface area (Å²) in [6.45, 7) is 0.698. The van der Waals surface area contributed by atoms with Gasteiger partial charge in [-0.25, -0.2) is 5.10 Å². The fourth-order valence-corrected chi connectivity index (χ4v) is 2.05. The van der Waals surface area contributed by atoms with E-state index in [4.69, 9.17) is 9.47 Å². The average Bonchev–Trinajstić information content (AvgIpc) is 3.13. The molecular weight excluding hydrogens is 308 g/mol. The van der Waals surface area contributed by atoms with E-state index in [-0.39, 0.29) is 11.9 Å². The molecule has 0 fully saturated rings. The summed E-state index contributed by atoms with van der Waals surface area (Å²) in [7, 11) is 0. The maximum Gasteiger partial charge on any atom is 0.261 e. The third-order valence-corrected chi connectivity index (χ3v) is 3.13. The number of ether oxygens (including phenoxy) is 2. The molecule has 0 aliphatic carbocycles. The van der Waals surface area contributed by atoms with Gasteiger partial charge in [-0.2, -0.15) is 10.1 Å². The second-order valence-corrected chi connectivity index (χ2v) is 4.79. The molecule has 0 bridgehead atoms. The first-order valence-electron chi connectivity index (χ1n) is 7.39. The second-order valence-electron chi connectivity index (χ2n) is 4.79. The smallest absolute Gasteiger partial charge is 0.261 e. The number of nitrogens with zero attached hydrogens (tertiary/aromatic N) is 2. The summed E-state index contributed by atoms with van der Waals surface area (Å²) < 4.78 is 11.2. The van der Waals surface area contributed by atoms with E-state index in [1.807, 2.05) is 30.3 Å². The van der Waals surface area contributed by atoms with Gasteiger partial charge in [-0.1, -0.05) is 30.3 Å². The maximum atomic E-state index is 12.3. The Morgan fingerprint density at radius 3 is 2.54 bits per heavy atom. The minimum atomic E-state index is -0.327. The number of para-hydroxylation sites is 2. The number of aromatic amines is 1. The molecule has 1 amide bonds. The van der Waals surface area contributed by atoms with Gasteiger partial charge < -0.3 is 9.47 Å². The van der Waals surface area contributed by atoms with Gasteiger partial charge in [0.2, 0.25) is 5.95 Å². The lowest BCUT2D eigenvalue weighted by molar-refractivity contribution is 0.102. The molecule has 0 saturated carbocycles. The van der Waals surface area contributed by atoms with E-state index in [0.717, 1.165) is 5.75 Å². The molecule has 1 aromatic heterocycles. The van der Waals surface area contributed by atoms with E-state index in [1.54, 1.807) is 24.3 Å². The summed E-state index contributed by atoms with van der Waals surface area (Å²) in [5, 5.41) is 8.87. The molecule has 24 heavy (non-hydrogen) atoms. The number of benzene rings is 2. The van der Waals surface area contributed by atoms with Gasteiger partial charge in [-0.05, 0) is 24.3 Å². The molecule has 7 heteroatoms. The Morgan fingerprint density at radius 1 is 1.00 bits per heavy atom. The Kier molecular flexibility index (Phi) is 5.03. The minimum absolute atomic E-state index is 0.280. The average molecular weight is 324 g/mol. The van der Waals surface area contributed by atoms with E-state index >= 15 is 0 Å². The first kappa shape index (κ1) is 15.5. The Morgan fingerprint density at radius 2 is 1.75 bits per heavy atom. The number of hydrogen-bond donors (Lipinski definition) is 2. The van der Waals surface area contributed by atoms with Gasteiger partial charge in [0.05, 0.1) is 5.56 Å². The SMILES string of the molecule is O=C(Nc1ncn[nH]1)c1ccccc1OCCOc1ccccc1. The predicted molar refractivity (Wildman–Crippen MR) is 88.2 cm³/mol. The van der Waals surface area contributed by atoms with Gasteiger partial charge in [-0.3, -0.25) is 10.1 Å². The molecular formula is C17H16N4O3. The highest BCUT2D eigenvalue weighted by molar-refractivity contribution is 6.05. The molecule has 0 aliphatic heterocycles. The summed E-state index contributed by atoms with van der Waals surface area (Å²) in [5.41, 5.74) is 0.411. The fraction of sp³-hybridized carbons (Fsp3) is 0.118. The monoisotopic (exact) mass is 324 g/mol. The van der Waals surface area contributed by atoms with Crippen molar-refractivity contribution in [3.05, 3.63) is 66.5 Å². The summed E-state index contributed by atoms with van der Waals surface area (Å²) in [5.74, 6) is 1.21. The number of aromatic nitrogens is 3. The van der Waals surface area contributed by atoms with Gasteiger partial charge in [0.1, 0.15) is 31.0 Å². The number of amides is 1. The van der Waals surface area contributed by atoms with Gasteiger partial charge >= 0.3 is 0 Å². The van der Waals surface area contributed by atoms with Crippen LogP contribution in [-0.4, -0.2) is 34.3 Å². The van der Waals surface area contributed by atoms with Crippen molar-refractivity contribution in [3.63, 3.8) is 0 Å². The van der Waals surface area contributed by atoms with Crippen molar-refractivity contribution in [3.8, 4) is 11.5 Å². The Labute approximate surface area is 138 Å². The third kappa shape index (κ3) is 4.10. The van der Waals surface area contributed by atoms with Crippen LogP contribution in [0.1, 0.15) is 10.4 Å². The van der Waals surface area contributed by atoms with E-state index < -0.39 is 0 Å². The summed E-state index contributed by atoms with van der Waals surface area (Å²) in [6, 6.07) is 16.5. The van der Waals surface area contributed by atoms with Crippen LogP contribution in [0.4, 0.5) is 5.95 Å². The zero-order chi connectivity index (χ0) is 16.6. The highest BCUT2D eigenvalue weighted by Crippen LogP contribution is 2.19. The Balaban J connectivity index is 1.56. The Hall–Kier alpha value is -3.35. The van der Waals surface area contributed by atoms with E-state index in [2.05, 4.69) is 20.5 Å². The van der Waals surface area contributed by atoms with Gasteiger partial charge in [0.25, 0.3) is 5.91 Å². The van der Waals surface area contributed by atoms with Crippen molar-refractivity contribution >= 4 is 11.9 Å². The van der Waals surface area contributed by atoms with Crippen LogP contribution in [0, 0.1) is 0 Å². The molecule has 3 rings (SSSR count). The highest BCUT2D eigenvalue weighted by atomic mass is 16.5. The van der Waals surface area contributed by atoms with Crippen molar-refractivity contribution in [2.45, 2.75) is 0 Å². The number of carbonyl (C=O) groups is 1. The predicted octanol–water partition coefficient (Wildman–Crippen LogP) is 2.51. The van der Waals surface area contributed by atoms with Gasteiger partial charge in [-0.15, -0.1) is 0 Å². The molecule has 2 N–H and O–H groups in total. The lowest BCUT2D eigenvalue weighted by Crippen LogP contribution is -2.16. The van der Waals surface area contributed by atoms with Gasteiger partial charge in [0, 0.05) is 0 Å². The second kappa shape index (κ2) is 7.77. The van der Waals surface area contributed by atoms with Crippen molar-refractivity contribution in [1.82, 2.24) is 15.2 Å². The molecule has 0 radical (unpaired) electrons. The molecule has 1 heterocycles. The zero-order valence-corrected chi connectivity index (χ0v) is 12.8. The normalized spacial score (nSPS) is 10.2. The number of hydrogen-bond acceptors (Lipinski definition) is 5. The third-order valence-electron chi connectivity index (χ3n) is 3.13. The van der Waals surface area contributed by atoms with E-state index in [9.17, 15) is 4.79 Å². The van der Waals surface area contributed by atoms with Crippen molar-refractivity contribution < 1.29 is 14.3 Å². The standard InChI is InChI=1S/C17H16N4O3/c22-16(20-17-18-12-19-21-17)14-8-4-5-9-15(14)24-11-10-23-13-6-2-1-3-7-13/h1-9,12H,10-11H2,(H2,18,19,20,21,22). The first-order chi connectivity index (χ1) is 11.8. The molecule has 0 unspecified atom stereocenters. The lowest BCUT2D eigenvalue weighted by Gasteiger charge is -2.11. The minimum Gasteiger partial charge on any atom is -0.490 e. The maximum absolute atomic E-state index is 12.3. The lowest BCUT2D eigenvalue weighted by atomic mass is 10.2. The fourth-order valence-electron chi connectivity index (χ4n) is 2.05. The largest absolute Gasteiger partial charge is 0.490 e. The molecule has 0 spiro atoms. The van der Waals surface area contributed by atoms with Crippen LogP contribution < -0.4 is 14.8 Å². The number of nitrogens with one attached hydrogen (secondary N) is 2. The van der Waals surface area contributed by atoms with Crippen LogP contribution >= 0.6 is 0 Å². The number of H-pyrrole nitrogens is 1. The Bertz CT molecular complexity index is 776. The van der Waals surface area contributed by atoms with Crippen molar-refractivity contribution in [2.75, 3.05) is 18.5 Å². The summed E-state index contributed by atoms with van der Waals surface area (Å²) in [4.78, 5) is 16.1. The van der Waals surface area contributed by atoms with Crippen LogP contribution in [0.5, 0.6) is 11.5 Å². The first-order valence-corrected chi connectivity index (χ1v) is 7.39. The van der Waals surface area contributed by atoms with Crippen LogP contribution in [0.25, 0.3) is 0 Å². The van der Waals surface area contributed by atoms with Crippen LogP contribution in [-0.2, 0) is 0 Å². The van der Waals surface area contributed by atoms with Crippen LogP contribution in [0.2, 0.25) is 0 Å². The quantitative estimate of drug-likeness (QED) is 0.652. The van der Waals surface area contributed by atoms with Crippen molar-refractivity contribution in [1.29, 1.82) is 0 Å². The van der Waals surface area contributed by atoms with E-state index in [0.29, 0.717) is 24.5 Å². The van der Waals surface area contributed by atoms with Crippen LogP contribution in [0.15, 0.2) is 60.9 Å². The van der Waals surface area contributed by atoms with Crippen molar-refractivity contribution in [2.24, 2.45) is 0 Å². The molecule has 3 aromatic rings. The van der Waals surface area contributed by atoms with Crippen LogP contribution in [0.3, 0.4) is 0 Å². The molecule has 0 aliphatic rings. The topological polar surface area (TPSA) is 89.1 Å². The number of anilines is 1. The highest BCUT2D eigenvalue weighted by Gasteiger charge is 2.13. The molecule has 0 saturated heterocycles. The zero-order valence-electron chi connectivity index (χ0n) is 12.8. The number of carbonyl (C=O) groups excluding carboxylic acids is 1. The number of rotatable bonds is 7. The molecule has 122 valence electrons.